The molecule has 7 heteroatoms. The Hall–Kier alpha value is -3.13. The maximum Gasteiger partial charge on any atom is 0.225 e. The summed E-state index contributed by atoms with van der Waals surface area (Å²) in [5.41, 5.74) is 4.57. The van der Waals surface area contributed by atoms with Crippen molar-refractivity contribution in [3.05, 3.63) is 75.3 Å². The molecule has 1 aliphatic rings. The molecule has 1 N–H and O–H groups in total. The van der Waals surface area contributed by atoms with E-state index in [2.05, 4.69) is 53.6 Å². The predicted octanol–water partition coefficient (Wildman–Crippen LogP) is 6.62. The zero-order chi connectivity index (χ0) is 24.6. The zero-order valence-electron chi connectivity index (χ0n) is 19.8. The molecule has 1 aliphatic carbocycles. The number of nitrogens with zero attached hydrogens (tertiary/aromatic N) is 3. The molecule has 1 amide bonds. The van der Waals surface area contributed by atoms with Gasteiger partial charge in [-0.2, -0.15) is 10.5 Å². The van der Waals surface area contributed by atoms with Crippen LogP contribution in [0, 0.1) is 22.7 Å². The van der Waals surface area contributed by atoms with Gasteiger partial charge < -0.3 is 5.32 Å². The molecule has 2 aromatic heterocycles. The summed E-state index contributed by atoms with van der Waals surface area (Å²) in [5.74, 6) is 0.852. The van der Waals surface area contributed by atoms with Gasteiger partial charge in [0, 0.05) is 22.7 Å². The number of benzene rings is 1. The Labute approximate surface area is 215 Å². The van der Waals surface area contributed by atoms with Crippen molar-refractivity contribution in [2.24, 2.45) is 0 Å². The molecule has 0 saturated heterocycles. The summed E-state index contributed by atoms with van der Waals surface area (Å²) in [4.78, 5) is 18.6. The van der Waals surface area contributed by atoms with Crippen LogP contribution in [0.1, 0.15) is 71.3 Å². The maximum atomic E-state index is 12.7. The van der Waals surface area contributed by atoms with Crippen LogP contribution in [0.15, 0.2) is 47.5 Å². The minimum atomic E-state index is -0.118. The van der Waals surface area contributed by atoms with E-state index in [4.69, 9.17) is 0 Å². The lowest BCUT2D eigenvalue weighted by Gasteiger charge is -2.22. The van der Waals surface area contributed by atoms with Crippen LogP contribution in [-0.2, 0) is 24.1 Å². The van der Waals surface area contributed by atoms with E-state index in [-0.39, 0.29) is 12.3 Å². The maximum absolute atomic E-state index is 12.7. The fraction of sp³-hybridized carbons (Fsp3) is 0.357. The molecule has 5 nitrogen and oxygen atoms in total. The molecule has 0 spiro atoms. The van der Waals surface area contributed by atoms with Crippen molar-refractivity contribution in [1.82, 2.24) is 4.98 Å². The highest BCUT2D eigenvalue weighted by Crippen LogP contribution is 2.42. The third-order valence-electron chi connectivity index (χ3n) is 6.29. The first kappa shape index (κ1) is 25.0. The van der Waals surface area contributed by atoms with Gasteiger partial charge in [0.05, 0.1) is 11.1 Å². The number of aromatic nitrogens is 1. The number of nitrogens with one attached hydrogen (secondary N) is 1. The minimum Gasteiger partial charge on any atom is -0.317 e. The Balaban J connectivity index is 1.38. The Kier molecular flexibility index (Phi) is 8.58. The molecular formula is C28H28N4OS2. The van der Waals surface area contributed by atoms with E-state index in [1.54, 1.807) is 11.3 Å². The summed E-state index contributed by atoms with van der Waals surface area (Å²) in [7, 11) is 0. The highest BCUT2D eigenvalue weighted by atomic mass is 32.2. The zero-order valence-corrected chi connectivity index (χ0v) is 21.5. The third-order valence-corrected chi connectivity index (χ3v) is 8.46. The van der Waals surface area contributed by atoms with E-state index < -0.39 is 0 Å². The first-order valence-electron chi connectivity index (χ1n) is 12.0. The van der Waals surface area contributed by atoms with Gasteiger partial charge in [-0.3, -0.25) is 4.79 Å². The molecule has 35 heavy (non-hydrogen) atoms. The smallest absolute Gasteiger partial charge is 0.225 e. The molecule has 0 saturated carbocycles. The topological polar surface area (TPSA) is 89.6 Å². The number of fused-ring (bicyclic) bond motifs is 1. The fourth-order valence-corrected chi connectivity index (χ4v) is 6.63. The second kappa shape index (κ2) is 12.0. The summed E-state index contributed by atoms with van der Waals surface area (Å²) in [6, 6.07) is 18.8. The first-order chi connectivity index (χ1) is 17.1. The highest BCUT2D eigenvalue weighted by molar-refractivity contribution is 7.99. The fourth-order valence-electron chi connectivity index (χ4n) is 4.40. The predicted molar refractivity (Wildman–Crippen MR) is 142 cm³/mol. The molecule has 1 unspecified atom stereocenters. The van der Waals surface area contributed by atoms with Crippen LogP contribution < -0.4 is 5.32 Å². The number of carbonyl (C=O) groups is 1. The largest absolute Gasteiger partial charge is 0.317 e. The van der Waals surface area contributed by atoms with Crippen molar-refractivity contribution in [1.29, 1.82) is 10.5 Å². The molecule has 1 aromatic carbocycles. The van der Waals surface area contributed by atoms with Crippen molar-refractivity contribution in [3.63, 3.8) is 0 Å². The third kappa shape index (κ3) is 6.11. The summed E-state index contributed by atoms with van der Waals surface area (Å²) < 4.78 is 0. The molecule has 3 aromatic rings. The summed E-state index contributed by atoms with van der Waals surface area (Å²) >= 11 is 2.98. The van der Waals surface area contributed by atoms with Crippen LogP contribution in [-0.4, -0.2) is 16.6 Å². The van der Waals surface area contributed by atoms with Gasteiger partial charge >= 0.3 is 0 Å². The van der Waals surface area contributed by atoms with E-state index in [1.165, 1.54) is 22.2 Å². The van der Waals surface area contributed by atoms with E-state index in [0.29, 0.717) is 32.8 Å². The molecular weight excluding hydrogens is 472 g/mol. The number of nitriles is 2. The number of carbonyl (C=O) groups excluding carboxylic acids is 1. The van der Waals surface area contributed by atoms with Gasteiger partial charge in [-0.25, -0.2) is 4.98 Å². The van der Waals surface area contributed by atoms with Gasteiger partial charge in [-0.05, 0) is 61.3 Å². The second-order valence-electron chi connectivity index (χ2n) is 8.69. The van der Waals surface area contributed by atoms with Gasteiger partial charge in [0.1, 0.15) is 22.2 Å². The number of rotatable bonds is 9. The molecule has 0 radical (unpaired) electrons. The van der Waals surface area contributed by atoms with Crippen LogP contribution in [0.2, 0.25) is 0 Å². The number of hydrogen-bond acceptors (Lipinski definition) is 6. The van der Waals surface area contributed by atoms with E-state index in [0.717, 1.165) is 49.8 Å². The van der Waals surface area contributed by atoms with Gasteiger partial charge in [-0.1, -0.05) is 43.7 Å². The number of unbranched alkanes of at least 4 members (excludes halogenated alkanes) is 1. The Morgan fingerprint density at radius 1 is 1.20 bits per heavy atom. The normalized spacial score (nSPS) is 14.5. The number of thiophene rings is 1. The van der Waals surface area contributed by atoms with Crippen molar-refractivity contribution < 1.29 is 4.79 Å². The summed E-state index contributed by atoms with van der Waals surface area (Å²) in [6.07, 6.45) is 6.10. The lowest BCUT2D eigenvalue weighted by Crippen LogP contribution is -2.13. The quantitative estimate of drug-likeness (QED) is 0.333. The minimum absolute atomic E-state index is 0.118. The highest BCUT2D eigenvalue weighted by Gasteiger charge is 2.27. The number of amides is 1. The monoisotopic (exact) mass is 500 g/mol. The molecule has 4 rings (SSSR count). The Morgan fingerprint density at radius 3 is 2.77 bits per heavy atom. The summed E-state index contributed by atoms with van der Waals surface area (Å²) in [6.45, 7) is 2.14. The van der Waals surface area contributed by atoms with Crippen molar-refractivity contribution in [2.45, 2.75) is 62.8 Å². The van der Waals surface area contributed by atoms with Crippen LogP contribution in [0.4, 0.5) is 5.00 Å². The standard InChI is InChI=1S/C28H28N4OS2/c1-2-3-9-22-12-10-21(17-29)27(31-22)34-15-14-26(33)32-28-24(18-30)23-13-11-20(16-25(23)35-28)19-7-5-4-6-8-19/h4-8,10,12,20H,2-3,9,11,13-16H2,1H3,(H,32,33). The van der Waals surface area contributed by atoms with Gasteiger partial charge in [0.2, 0.25) is 5.91 Å². The average molecular weight is 501 g/mol. The van der Waals surface area contributed by atoms with Crippen molar-refractivity contribution >= 4 is 34.0 Å². The van der Waals surface area contributed by atoms with Crippen molar-refractivity contribution in [3.8, 4) is 12.1 Å². The van der Waals surface area contributed by atoms with Crippen LogP contribution in [0.25, 0.3) is 0 Å². The van der Waals surface area contributed by atoms with Gasteiger partial charge in [-0.15, -0.1) is 23.1 Å². The molecule has 0 fully saturated rings. The molecule has 178 valence electrons. The number of thioether (sulfide) groups is 1. The molecule has 0 aliphatic heterocycles. The van der Waals surface area contributed by atoms with Crippen molar-refractivity contribution in [2.75, 3.05) is 11.1 Å². The number of aryl methyl sites for hydroxylation is 1. The van der Waals surface area contributed by atoms with Gasteiger partial charge in [0.25, 0.3) is 0 Å². The molecule has 0 bridgehead atoms. The Bertz CT molecular complexity index is 1270. The van der Waals surface area contributed by atoms with Crippen LogP contribution in [0.3, 0.4) is 0 Å². The molecule has 1 atom stereocenters. The van der Waals surface area contributed by atoms with E-state index in [9.17, 15) is 15.3 Å². The van der Waals surface area contributed by atoms with E-state index in [1.807, 2.05) is 18.2 Å². The lowest BCUT2D eigenvalue weighted by atomic mass is 9.83. The number of pyridine rings is 1. The van der Waals surface area contributed by atoms with Gasteiger partial charge in [0.15, 0.2) is 0 Å². The SMILES string of the molecule is CCCCc1ccc(C#N)c(SCCC(=O)Nc2sc3c(c2C#N)CCC(c2ccccc2)C3)n1. The molecule has 2 heterocycles. The Morgan fingerprint density at radius 2 is 2.03 bits per heavy atom. The van der Waals surface area contributed by atoms with Crippen LogP contribution in [0.5, 0.6) is 0 Å². The number of hydrogen-bond donors (Lipinski definition) is 1. The average Bonchev–Trinajstić information content (AvgIpc) is 3.24. The number of anilines is 1. The first-order valence-corrected chi connectivity index (χ1v) is 13.8. The second-order valence-corrected chi connectivity index (χ2v) is 10.9. The van der Waals surface area contributed by atoms with Crippen LogP contribution >= 0.6 is 23.1 Å². The lowest BCUT2D eigenvalue weighted by molar-refractivity contribution is -0.115. The van der Waals surface area contributed by atoms with E-state index >= 15 is 0 Å². The summed E-state index contributed by atoms with van der Waals surface area (Å²) in [5, 5.41) is 23.5.